The van der Waals surface area contributed by atoms with E-state index >= 15 is 0 Å². The molecular weight excluding hydrogens is 535 g/mol. The maximum absolute atomic E-state index is 14.4. The van der Waals surface area contributed by atoms with Gasteiger partial charge in [-0.3, -0.25) is 4.79 Å². The van der Waals surface area contributed by atoms with Gasteiger partial charge in [-0.1, -0.05) is 39.5 Å². The topological polar surface area (TPSA) is 84.0 Å². The van der Waals surface area contributed by atoms with Crippen molar-refractivity contribution in [2.45, 2.75) is 130 Å². The molecule has 2 heterocycles. The second-order valence-corrected chi connectivity index (χ2v) is 20.4. The molecule has 2 aromatic rings. The van der Waals surface area contributed by atoms with Crippen LogP contribution in [0.5, 0.6) is 0 Å². The SMILES string of the molecule is CC(C)(C)C#Cc1cc(N(C(=O)[C@H]2CC[C@H](C)CC2)[C@H]2CC[C@@H](O[Si](C)(C)C(C)(C)C)CC2)c(-c2nnn[nH]2)s1. The number of nitrogens with zero attached hydrogens (tertiary/aromatic N) is 4. The van der Waals surface area contributed by atoms with Gasteiger partial charge in [0.2, 0.25) is 5.91 Å². The summed E-state index contributed by atoms with van der Waals surface area (Å²) in [6.07, 6.45) is 8.22. The summed E-state index contributed by atoms with van der Waals surface area (Å²) in [5.74, 6) is 8.32. The molecule has 0 spiro atoms. The van der Waals surface area contributed by atoms with Crippen LogP contribution in [0.15, 0.2) is 6.07 Å². The van der Waals surface area contributed by atoms with Crippen LogP contribution in [0.4, 0.5) is 5.69 Å². The van der Waals surface area contributed by atoms with Gasteiger partial charge in [-0.2, -0.15) is 0 Å². The first-order chi connectivity index (χ1) is 18.6. The van der Waals surface area contributed by atoms with Crippen molar-refractivity contribution in [1.82, 2.24) is 20.6 Å². The molecule has 4 rings (SSSR count). The van der Waals surface area contributed by atoms with Crippen LogP contribution >= 0.6 is 11.3 Å². The van der Waals surface area contributed by atoms with Crippen LogP contribution in [0, 0.1) is 29.1 Å². The van der Waals surface area contributed by atoms with Gasteiger partial charge < -0.3 is 9.33 Å². The Morgan fingerprint density at radius 2 is 1.70 bits per heavy atom. The molecule has 1 N–H and O–H groups in total. The molecule has 220 valence electrons. The Bertz CT molecular complexity index is 1200. The lowest BCUT2D eigenvalue weighted by atomic mass is 9.81. The highest BCUT2D eigenvalue weighted by Crippen LogP contribution is 2.44. The third kappa shape index (κ3) is 7.43. The number of thiophene rings is 1. The summed E-state index contributed by atoms with van der Waals surface area (Å²) >= 11 is 1.57. The van der Waals surface area contributed by atoms with E-state index in [2.05, 4.69) is 105 Å². The number of carbonyl (C=O) groups excluding carboxylic acids is 1. The summed E-state index contributed by atoms with van der Waals surface area (Å²) in [6.45, 7) is 20.2. The minimum Gasteiger partial charge on any atom is -0.414 e. The number of aromatic nitrogens is 4. The van der Waals surface area contributed by atoms with Crippen molar-refractivity contribution in [2.24, 2.45) is 17.3 Å². The van der Waals surface area contributed by atoms with Crippen LogP contribution in [0.25, 0.3) is 10.7 Å². The molecule has 0 unspecified atom stereocenters. The number of hydrogen-bond acceptors (Lipinski definition) is 6. The van der Waals surface area contributed by atoms with E-state index in [4.69, 9.17) is 4.43 Å². The van der Waals surface area contributed by atoms with Crippen molar-refractivity contribution in [2.75, 3.05) is 4.90 Å². The second-order valence-electron chi connectivity index (χ2n) is 14.5. The molecule has 2 fully saturated rings. The average molecular weight is 584 g/mol. The van der Waals surface area contributed by atoms with Gasteiger partial charge in [0.25, 0.3) is 0 Å². The molecule has 0 aliphatic heterocycles. The van der Waals surface area contributed by atoms with Crippen molar-refractivity contribution in [1.29, 1.82) is 0 Å². The number of hydrogen-bond donors (Lipinski definition) is 1. The summed E-state index contributed by atoms with van der Waals surface area (Å²) in [5, 5.41) is 15.1. The Morgan fingerprint density at radius 3 is 2.25 bits per heavy atom. The molecule has 2 aromatic heterocycles. The van der Waals surface area contributed by atoms with Crippen LogP contribution in [-0.2, 0) is 9.22 Å². The normalized spacial score (nSPS) is 24.3. The first-order valence-electron chi connectivity index (χ1n) is 15.1. The van der Waals surface area contributed by atoms with E-state index in [1.54, 1.807) is 11.3 Å². The van der Waals surface area contributed by atoms with Crippen LogP contribution in [0.1, 0.15) is 105 Å². The molecule has 0 bridgehead atoms. The third-order valence-electron chi connectivity index (χ3n) is 8.97. The molecule has 2 aliphatic rings. The van der Waals surface area contributed by atoms with Crippen molar-refractivity contribution in [3.63, 3.8) is 0 Å². The lowest BCUT2D eigenvalue weighted by Gasteiger charge is -2.43. The van der Waals surface area contributed by atoms with Gasteiger partial charge in [-0.15, -0.1) is 16.4 Å². The smallest absolute Gasteiger partial charge is 0.230 e. The number of tetrazole rings is 1. The lowest BCUT2D eigenvalue weighted by molar-refractivity contribution is -0.124. The quantitative estimate of drug-likeness (QED) is 0.277. The fourth-order valence-electron chi connectivity index (χ4n) is 5.51. The van der Waals surface area contributed by atoms with Crippen LogP contribution < -0.4 is 4.90 Å². The molecule has 0 radical (unpaired) electrons. The zero-order valence-electron chi connectivity index (χ0n) is 26.1. The molecule has 7 nitrogen and oxygen atoms in total. The summed E-state index contributed by atoms with van der Waals surface area (Å²) in [5.41, 5.74) is 0.786. The highest BCUT2D eigenvalue weighted by atomic mass is 32.1. The van der Waals surface area contributed by atoms with Crippen LogP contribution in [0.3, 0.4) is 0 Å². The predicted molar refractivity (Wildman–Crippen MR) is 167 cm³/mol. The maximum Gasteiger partial charge on any atom is 0.230 e. The van der Waals surface area contributed by atoms with Gasteiger partial charge in [-0.05, 0) is 113 Å². The summed E-state index contributed by atoms with van der Waals surface area (Å²) in [4.78, 5) is 18.3. The number of carbonyl (C=O) groups is 1. The number of amides is 1. The average Bonchev–Trinajstić information content (AvgIpc) is 3.53. The summed E-state index contributed by atoms with van der Waals surface area (Å²) < 4.78 is 6.80. The fourth-order valence-corrected chi connectivity index (χ4v) is 7.87. The van der Waals surface area contributed by atoms with Crippen molar-refractivity contribution in [3.05, 3.63) is 10.9 Å². The number of aromatic amines is 1. The Morgan fingerprint density at radius 1 is 1.05 bits per heavy atom. The number of H-pyrrole nitrogens is 1. The van der Waals surface area contributed by atoms with E-state index in [0.29, 0.717) is 11.7 Å². The minimum absolute atomic E-state index is 0.0575. The van der Waals surface area contributed by atoms with Gasteiger partial charge in [-0.25, -0.2) is 5.10 Å². The zero-order valence-corrected chi connectivity index (χ0v) is 27.9. The van der Waals surface area contributed by atoms with Gasteiger partial charge in [0.05, 0.1) is 15.4 Å². The molecule has 2 saturated carbocycles. The van der Waals surface area contributed by atoms with E-state index in [0.717, 1.165) is 66.8 Å². The van der Waals surface area contributed by atoms with E-state index in [-0.39, 0.29) is 34.4 Å². The lowest BCUT2D eigenvalue weighted by Crippen LogP contribution is -2.49. The Labute approximate surface area is 246 Å². The maximum atomic E-state index is 14.4. The second kappa shape index (κ2) is 12.1. The van der Waals surface area contributed by atoms with E-state index in [1.165, 1.54) is 0 Å². The molecule has 0 aromatic carbocycles. The molecular formula is C31H49N5O2SSi. The van der Waals surface area contributed by atoms with Gasteiger partial charge in [0, 0.05) is 23.5 Å². The van der Waals surface area contributed by atoms with E-state index in [1.807, 2.05) is 0 Å². The van der Waals surface area contributed by atoms with Gasteiger partial charge in [0.15, 0.2) is 14.1 Å². The molecule has 0 saturated heterocycles. The monoisotopic (exact) mass is 583 g/mol. The number of rotatable bonds is 6. The first-order valence-corrected chi connectivity index (χ1v) is 18.8. The molecule has 9 heteroatoms. The standard InChI is InChI=1S/C31H49N5O2SSi/c1-21-10-12-22(13-11-21)29(37)36(23-14-16-24(17-15-23)38-40(8,9)31(5,6)7)26-20-25(18-19-30(2,3)4)39-27(26)28-32-34-35-33-28/h20-24H,10-17H2,1-9H3,(H,32,33,34,35)/t21-,22-,23-,24+. The van der Waals surface area contributed by atoms with Gasteiger partial charge in [0.1, 0.15) is 0 Å². The Kier molecular flexibility index (Phi) is 9.33. The molecule has 2 aliphatic carbocycles. The fraction of sp³-hybridized carbons (Fsp3) is 0.742. The van der Waals surface area contributed by atoms with E-state index in [9.17, 15) is 4.79 Å². The Balaban J connectivity index is 1.67. The summed E-state index contributed by atoms with van der Waals surface area (Å²) in [7, 11) is -1.85. The van der Waals surface area contributed by atoms with Crippen molar-refractivity contribution in [3.8, 4) is 22.5 Å². The highest BCUT2D eigenvalue weighted by Gasteiger charge is 2.42. The Hall–Kier alpha value is -2.02. The zero-order chi connectivity index (χ0) is 29.3. The number of nitrogens with one attached hydrogen (secondary N) is 1. The summed E-state index contributed by atoms with van der Waals surface area (Å²) in [6, 6.07) is 2.22. The van der Waals surface area contributed by atoms with Crippen LogP contribution in [-0.4, -0.2) is 47.0 Å². The largest absolute Gasteiger partial charge is 0.414 e. The van der Waals surface area contributed by atoms with Crippen molar-refractivity contribution >= 4 is 31.2 Å². The van der Waals surface area contributed by atoms with E-state index < -0.39 is 8.32 Å². The number of anilines is 1. The first kappa shape index (κ1) is 30.9. The van der Waals surface area contributed by atoms with Crippen LogP contribution in [0.2, 0.25) is 18.1 Å². The molecule has 0 atom stereocenters. The molecule has 40 heavy (non-hydrogen) atoms. The van der Waals surface area contributed by atoms with Gasteiger partial charge >= 0.3 is 0 Å². The highest BCUT2D eigenvalue weighted by molar-refractivity contribution is 7.16. The minimum atomic E-state index is -1.85. The third-order valence-corrected chi connectivity index (χ3v) is 14.6. The predicted octanol–water partition coefficient (Wildman–Crippen LogP) is 7.82. The van der Waals surface area contributed by atoms with Crippen molar-refractivity contribution < 1.29 is 9.22 Å². The molecule has 1 amide bonds.